The number of ether oxygens (including phenoxy) is 2. The third-order valence-corrected chi connectivity index (χ3v) is 21.4. The van der Waals surface area contributed by atoms with Crippen LogP contribution in [-0.4, -0.2) is 90.8 Å². The van der Waals surface area contributed by atoms with Crippen LogP contribution in [0.4, 0.5) is 10.7 Å². The number of aliphatic hydroxyl groups is 1. The quantitative estimate of drug-likeness (QED) is 0.112. The summed E-state index contributed by atoms with van der Waals surface area (Å²) in [5.41, 5.74) is 3.87. The molecule has 3 heterocycles. The molecule has 5 atom stereocenters. The van der Waals surface area contributed by atoms with Crippen molar-refractivity contribution in [2.75, 3.05) is 18.5 Å². The number of aromatic amines is 1. The van der Waals surface area contributed by atoms with Crippen LogP contribution in [0, 0.1) is 5.92 Å². The second-order valence-electron chi connectivity index (χ2n) is 18.8. The van der Waals surface area contributed by atoms with E-state index in [4.69, 9.17) is 18.3 Å². The maximum Gasteiger partial charge on any atom is 0.407 e. The first-order valence-electron chi connectivity index (χ1n) is 20.1. The fourth-order valence-corrected chi connectivity index (χ4v) is 9.62. The Morgan fingerprint density at radius 2 is 1.47 bits per heavy atom. The van der Waals surface area contributed by atoms with Crippen molar-refractivity contribution in [2.45, 2.75) is 128 Å². The van der Waals surface area contributed by atoms with E-state index >= 15 is 0 Å². The predicted molar refractivity (Wildman–Crippen MR) is 229 cm³/mol. The van der Waals surface area contributed by atoms with Gasteiger partial charge in [0, 0.05) is 11.8 Å². The zero-order chi connectivity index (χ0) is 42.5. The fourth-order valence-electron chi connectivity index (χ4n) is 6.98. The molecule has 16 heteroatoms. The number of anilines is 1. The smallest absolute Gasteiger partial charge is 0.407 e. The third kappa shape index (κ3) is 8.45. The van der Waals surface area contributed by atoms with Crippen molar-refractivity contribution in [2.24, 2.45) is 5.92 Å². The Bertz CT molecular complexity index is 2160. The molecule has 2 aromatic heterocycles. The predicted octanol–water partition coefficient (Wildman–Crippen LogP) is 7.29. The van der Waals surface area contributed by atoms with Crippen molar-refractivity contribution in [3.63, 3.8) is 0 Å². The van der Waals surface area contributed by atoms with E-state index in [1.54, 1.807) is 13.8 Å². The number of H-pyrrole nitrogens is 1. The topological polar surface area (TPSA) is 179 Å². The zero-order valence-corrected chi connectivity index (χ0v) is 37.8. The lowest BCUT2D eigenvalue weighted by molar-refractivity contribution is -0.206. The van der Waals surface area contributed by atoms with Gasteiger partial charge >= 0.3 is 6.09 Å². The molecule has 0 bridgehead atoms. The number of fused-ring (bicyclic) bond motifs is 4. The zero-order valence-electron chi connectivity index (χ0n) is 35.8. The number of imidazole rings is 1. The van der Waals surface area contributed by atoms with E-state index in [9.17, 15) is 19.5 Å². The number of rotatable bonds is 11. The highest BCUT2D eigenvalue weighted by molar-refractivity contribution is 6.74. The maximum absolute atomic E-state index is 14.3. The molecule has 14 nitrogen and oxygen atoms in total. The number of aliphatic hydroxyl groups excluding tert-OH is 1. The van der Waals surface area contributed by atoms with E-state index in [2.05, 4.69) is 118 Å². The molecule has 1 aliphatic carbocycles. The molecule has 1 saturated heterocycles. The van der Waals surface area contributed by atoms with E-state index in [1.807, 2.05) is 24.3 Å². The van der Waals surface area contributed by atoms with Crippen LogP contribution < -0.4 is 16.2 Å². The summed E-state index contributed by atoms with van der Waals surface area (Å²) in [5.74, 6) is -0.972. The van der Waals surface area contributed by atoms with Gasteiger partial charge in [-0.3, -0.25) is 24.5 Å². The van der Waals surface area contributed by atoms with E-state index in [0.29, 0.717) is 0 Å². The van der Waals surface area contributed by atoms with Crippen LogP contribution in [0.5, 0.6) is 0 Å². The van der Waals surface area contributed by atoms with Crippen LogP contribution >= 0.6 is 0 Å². The van der Waals surface area contributed by atoms with Gasteiger partial charge in [0.15, 0.2) is 34.0 Å². The summed E-state index contributed by atoms with van der Waals surface area (Å²) >= 11 is 0. The lowest BCUT2D eigenvalue weighted by Crippen LogP contribution is -2.68. The van der Waals surface area contributed by atoms with Crippen LogP contribution in [0.1, 0.15) is 78.7 Å². The molecule has 2 aliphatic rings. The summed E-state index contributed by atoms with van der Waals surface area (Å²) in [6.45, 7) is 24.4. The largest absolute Gasteiger partial charge is 0.449 e. The second-order valence-corrected chi connectivity index (χ2v) is 28.3. The summed E-state index contributed by atoms with van der Waals surface area (Å²) in [7, 11) is -5.23. The normalized spacial score (nSPS) is 21.5. The average molecular weight is 833 g/mol. The number of amides is 2. The highest BCUT2D eigenvalue weighted by Gasteiger charge is 2.55. The van der Waals surface area contributed by atoms with Gasteiger partial charge in [0.2, 0.25) is 11.9 Å². The number of carbonyl (C=O) groups is 2. The molecule has 58 heavy (non-hydrogen) atoms. The Balaban J connectivity index is 1.45. The third-order valence-electron chi connectivity index (χ3n) is 12.4. The standard InChI is InChI=1S/C42H60N6O8Si2/c1-24(2)36(50)46-39-45-35-32(37(51)47-39)43-23-48(35)38-31(44-40(52)53-22-29-27-19-15-13-17-25(27)26-18-14-16-20-28(26)29)34(56-58(11,12)42(6,7)8)33(30(21-49)54-38)55-57(9,10)41(3,4)5/h13-20,23-24,29-31,33-34,38,49H,21-22H2,1-12H3,(H,44,52)(H2,45,46,47,50,51)/t30-,31-,33-,34-,38?/m1/s1. The first-order valence-corrected chi connectivity index (χ1v) is 25.9. The van der Waals surface area contributed by atoms with Crippen molar-refractivity contribution >= 4 is 45.7 Å². The number of nitrogens with zero attached hydrogens (tertiary/aromatic N) is 3. The molecule has 314 valence electrons. The Labute approximate surface area is 342 Å². The molecule has 1 fully saturated rings. The van der Waals surface area contributed by atoms with Gasteiger partial charge in [-0.25, -0.2) is 9.78 Å². The van der Waals surface area contributed by atoms with Gasteiger partial charge in [-0.2, -0.15) is 4.98 Å². The number of aromatic nitrogens is 4. The van der Waals surface area contributed by atoms with Gasteiger partial charge in [-0.1, -0.05) is 104 Å². The molecule has 2 aromatic carbocycles. The molecule has 2 amide bonds. The Hall–Kier alpha value is -4.20. The molecule has 0 saturated carbocycles. The average Bonchev–Trinajstić information content (AvgIpc) is 3.70. The van der Waals surface area contributed by atoms with Crippen LogP contribution in [-0.2, 0) is 23.1 Å². The summed E-state index contributed by atoms with van der Waals surface area (Å²) in [6.07, 6.45) is -3.04. The molecule has 4 N–H and O–H groups in total. The number of carbonyl (C=O) groups excluding carboxylic acids is 2. The molecule has 4 aromatic rings. The van der Waals surface area contributed by atoms with Crippen molar-refractivity contribution in [3.05, 3.63) is 76.3 Å². The molecular formula is C42H60N6O8Si2. The van der Waals surface area contributed by atoms with Crippen molar-refractivity contribution in [1.29, 1.82) is 0 Å². The Morgan fingerprint density at radius 3 is 2.00 bits per heavy atom. The van der Waals surface area contributed by atoms with Gasteiger partial charge in [0.25, 0.3) is 5.56 Å². The molecule has 6 rings (SSSR count). The summed E-state index contributed by atoms with van der Waals surface area (Å²) < 4.78 is 28.8. The number of nitrogens with one attached hydrogen (secondary N) is 3. The van der Waals surface area contributed by atoms with Gasteiger partial charge in [-0.05, 0) is 58.5 Å². The van der Waals surface area contributed by atoms with Crippen molar-refractivity contribution < 1.29 is 33.0 Å². The van der Waals surface area contributed by atoms with Crippen molar-refractivity contribution in [1.82, 2.24) is 24.8 Å². The Kier molecular flexibility index (Phi) is 12.0. The van der Waals surface area contributed by atoms with Gasteiger partial charge in [-0.15, -0.1) is 0 Å². The minimum Gasteiger partial charge on any atom is -0.449 e. The lowest BCUT2D eigenvalue weighted by atomic mass is 9.96. The van der Waals surface area contributed by atoms with E-state index < -0.39 is 65.5 Å². The minimum absolute atomic E-state index is 0.00639. The monoisotopic (exact) mass is 832 g/mol. The van der Waals surface area contributed by atoms with Crippen LogP contribution in [0.2, 0.25) is 36.3 Å². The first-order chi connectivity index (χ1) is 27.0. The van der Waals surface area contributed by atoms with Gasteiger partial charge in [0.1, 0.15) is 24.9 Å². The fraction of sp³-hybridized carbons (Fsp3) is 0.548. The van der Waals surface area contributed by atoms with E-state index in [-0.39, 0.29) is 51.5 Å². The second kappa shape index (κ2) is 16.1. The maximum atomic E-state index is 14.3. The van der Waals surface area contributed by atoms with Crippen LogP contribution in [0.3, 0.4) is 0 Å². The molecule has 1 aliphatic heterocycles. The summed E-state index contributed by atoms with van der Waals surface area (Å²) in [6, 6.07) is 15.2. The van der Waals surface area contributed by atoms with Crippen molar-refractivity contribution in [3.8, 4) is 11.1 Å². The van der Waals surface area contributed by atoms with E-state index in [1.165, 1.54) is 10.9 Å². The van der Waals surface area contributed by atoms with Gasteiger partial charge < -0.3 is 28.7 Å². The number of hydrogen-bond donors (Lipinski definition) is 4. The molecule has 0 radical (unpaired) electrons. The van der Waals surface area contributed by atoms with Gasteiger partial charge in [0.05, 0.1) is 19.0 Å². The molecule has 0 spiro atoms. The van der Waals surface area contributed by atoms with E-state index in [0.717, 1.165) is 22.3 Å². The molecule has 1 unspecified atom stereocenters. The SMILES string of the molecule is CC(C)C(=O)Nc1nc2c(ncn2C2O[C@H](CO)[C@@H](O[Si](C)(C)C(C)(C)C)[C@H](O[Si](C)(C)C(C)(C)C)[C@H]2NC(=O)OCC2c3ccccc3-c3ccccc32)c(=O)[nH]1. The summed E-state index contributed by atoms with van der Waals surface area (Å²) in [5, 5.41) is 16.4. The Morgan fingerprint density at radius 1 is 0.914 bits per heavy atom. The minimum atomic E-state index is -2.66. The number of benzene rings is 2. The number of alkyl carbamates (subject to hydrolysis) is 1. The number of hydrogen-bond acceptors (Lipinski definition) is 10. The van der Waals surface area contributed by atoms with Crippen LogP contribution in [0.25, 0.3) is 22.3 Å². The highest BCUT2D eigenvalue weighted by atomic mass is 28.4. The van der Waals surface area contributed by atoms with Crippen LogP contribution in [0.15, 0.2) is 59.7 Å². The first kappa shape index (κ1) is 43.4. The molecular weight excluding hydrogens is 773 g/mol. The summed E-state index contributed by atoms with van der Waals surface area (Å²) in [4.78, 5) is 51.9. The highest BCUT2D eigenvalue weighted by Crippen LogP contribution is 2.46. The lowest BCUT2D eigenvalue weighted by Gasteiger charge is -2.52.